The molecule has 0 radical (unpaired) electrons. The van der Waals surface area contributed by atoms with E-state index in [-0.39, 0.29) is 47.6 Å². The van der Waals surface area contributed by atoms with Gasteiger partial charge in [0.1, 0.15) is 6.42 Å². The summed E-state index contributed by atoms with van der Waals surface area (Å²) in [7, 11) is 0. The molecule has 6 nitrogen and oxygen atoms in total. The number of carbonyl (C=O) groups is 2. The van der Waals surface area contributed by atoms with E-state index < -0.39 is 24.1 Å². The normalized spacial score (nSPS) is 11.1. The summed E-state index contributed by atoms with van der Waals surface area (Å²) in [5, 5.41) is 0. The average Bonchev–Trinajstić information content (AvgIpc) is 2.28. The van der Waals surface area contributed by atoms with Crippen LogP contribution in [0.2, 0.25) is 0 Å². The third-order valence-corrected chi connectivity index (χ3v) is 2.02. The van der Waals surface area contributed by atoms with E-state index in [1.807, 2.05) is 0 Å². The molecule has 0 aromatic carbocycles. The second-order valence-electron chi connectivity index (χ2n) is 3.99. The Morgan fingerprint density at radius 1 is 0.950 bits per heavy atom. The minimum atomic E-state index is -1.81. The minimum absolute atomic E-state index is 0. The van der Waals surface area contributed by atoms with E-state index in [2.05, 4.69) is 0 Å². The van der Waals surface area contributed by atoms with Crippen molar-refractivity contribution in [3.63, 3.8) is 0 Å². The molecular weight excluding hydrogens is 300 g/mol. The zero-order chi connectivity index (χ0) is 14.9. The molecule has 0 bridgehead atoms. The maximum atomic E-state index is 12.2. The molecule has 0 rings (SSSR count). The summed E-state index contributed by atoms with van der Waals surface area (Å²) in [6, 6.07) is 0. The molecule has 0 spiro atoms. The van der Waals surface area contributed by atoms with Crippen LogP contribution < -0.4 is 0 Å². The smallest absolute Gasteiger partial charge is 0.347 e. The summed E-state index contributed by atoms with van der Waals surface area (Å²) in [5.74, 6) is -3.03. The van der Waals surface area contributed by atoms with E-state index in [9.17, 15) is 9.59 Å². The molecule has 0 saturated heterocycles. The Morgan fingerprint density at radius 3 is 1.65 bits per heavy atom. The van der Waals surface area contributed by atoms with Gasteiger partial charge in [0.2, 0.25) is 5.78 Å². The number of hydrogen-bond acceptors (Lipinski definition) is 6. The van der Waals surface area contributed by atoms with Gasteiger partial charge in [-0.05, 0) is 34.6 Å². The van der Waals surface area contributed by atoms with Gasteiger partial charge < -0.3 is 18.9 Å². The van der Waals surface area contributed by atoms with Gasteiger partial charge >= 0.3 is 11.9 Å². The number of rotatable bonds is 10. The van der Waals surface area contributed by atoms with Crippen molar-refractivity contribution in [2.75, 3.05) is 19.8 Å². The van der Waals surface area contributed by atoms with Crippen molar-refractivity contribution in [3.8, 4) is 0 Å². The first-order valence-electron chi connectivity index (χ1n) is 6.56. The number of carbonyl (C=O) groups excluding carboxylic acids is 2. The molecule has 0 heterocycles. The quantitative estimate of drug-likeness (QED) is 0.263. The topological polar surface area (TPSA) is 71.1 Å². The van der Waals surface area contributed by atoms with E-state index in [4.69, 9.17) is 18.9 Å². The Balaban J connectivity index is 0. The van der Waals surface area contributed by atoms with Gasteiger partial charge in [-0.25, -0.2) is 0 Å². The summed E-state index contributed by atoms with van der Waals surface area (Å²) < 4.78 is 20.8. The molecule has 20 heavy (non-hydrogen) atoms. The molecule has 0 aliphatic carbocycles. The van der Waals surface area contributed by atoms with E-state index in [1.54, 1.807) is 34.6 Å². The second kappa shape index (κ2) is 11.4. The van der Waals surface area contributed by atoms with Crippen molar-refractivity contribution in [2.45, 2.75) is 53.1 Å². The average molecular weight is 324 g/mol. The summed E-state index contributed by atoms with van der Waals surface area (Å²) in [6.45, 7) is 9.25. The van der Waals surface area contributed by atoms with Crippen molar-refractivity contribution < 1.29 is 50.3 Å². The number of ether oxygens (including phenoxy) is 4. The Labute approximate surface area is 135 Å². The first kappa shape index (κ1) is 22.0. The molecule has 0 amide bonds. The molecule has 116 valence electrons. The molecule has 0 atom stereocenters. The zero-order valence-electron chi connectivity index (χ0n) is 12.9. The molecule has 0 aromatic heterocycles. The molecule has 0 unspecified atom stereocenters. The van der Waals surface area contributed by atoms with Crippen LogP contribution in [0.25, 0.3) is 0 Å². The largest absolute Gasteiger partial charge is 0.463 e. The predicted octanol–water partition coefficient (Wildman–Crippen LogP) is 1.66. The third-order valence-electron chi connectivity index (χ3n) is 2.02. The SMILES string of the molecule is CCOC(OCC)(OCC)C(=O)CC(=O)OC(C)C.[Ti]. The Hall–Kier alpha value is -0.266. The van der Waals surface area contributed by atoms with Crippen molar-refractivity contribution in [1.29, 1.82) is 0 Å². The number of esters is 1. The van der Waals surface area contributed by atoms with Gasteiger partial charge in [0.15, 0.2) is 0 Å². The molecule has 0 N–H and O–H groups in total. The second-order valence-corrected chi connectivity index (χ2v) is 3.99. The fourth-order valence-corrected chi connectivity index (χ4v) is 1.48. The summed E-state index contributed by atoms with van der Waals surface area (Å²) in [6.07, 6.45) is -0.723. The summed E-state index contributed by atoms with van der Waals surface area (Å²) >= 11 is 0. The number of Topliss-reactive ketones (excluding diaryl/α,β-unsaturated/α-hetero) is 1. The first-order valence-corrected chi connectivity index (χ1v) is 6.56. The van der Waals surface area contributed by atoms with E-state index in [0.29, 0.717) is 0 Å². The van der Waals surface area contributed by atoms with Crippen LogP contribution in [-0.4, -0.2) is 43.7 Å². The van der Waals surface area contributed by atoms with Crippen LogP contribution in [0.15, 0.2) is 0 Å². The monoisotopic (exact) mass is 324 g/mol. The zero-order valence-corrected chi connectivity index (χ0v) is 14.4. The molecule has 7 heteroatoms. The first-order chi connectivity index (χ1) is 8.91. The van der Waals surface area contributed by atoms with E-state index in [1.165, 1.54) is 0 Å². The minimum Gasteiger partial charge on any atom is -0.463 e. The Kier molecular flexibility index (Phi) is 12.6. The van der Waals surface area contributed by atoms with Gasteiger partial charge in [0.05, 0.1) is 25.9 Å². The van der Waals surface area contributed by atoms with E-state index >= 15 is 0 Å². The van der Waals surface area contributed by atoms with Crippen LogP contribution in [0.3, 0.4) is 0 Å². The van der Waals surface area contributed by atoms with Crippen molar-refractivity contribution in [1.82, 2.24) is 0 Å². The standard InChI is InChI=1S/C13H24O6.Ti/c1-6-16-13(17-7-2,18-8-3)11(14)9-12(15)19-10(4)5;/h10H,6-9H2,1-5H3;. The molecule has 0 saturated carbocycles. The van der Waals surface area contributed by atoms with Crippen LogP contribution in [0.5, 0.6) is 0 Å². The van der Waals surface area contributed by atoms with Gasteiger partial charge in [0.25, 0.3) is 0 Å². The van der Waals surface area contributed by atoms with Crippen molar-refractivity contribution in [2.24, 2.45) is 0 Å². The van der Waals surface area contributed by atoms with Crippen molar-refractivity contribution >= 4 is 11.8 Å². The Morgan fingerprint density at radius 2 is 1.35 bits per heavy atom. The van der Waals surface area contributed by atoms with Crippen LogP contribution in [0, 0.1) is 0 Å². The van der Waals surface area contributed by atoms with Crippen molar-refractivity contribution in [3.05, 3.63) is 0 Å². The summed E-state index contributed by atoms with van der Waals surface area (Å²) in [4.78, 5) is 23.7. The fraction of sp³-hybridized carbons (Fsp3) is 0.846. The van der Waals surface area contributed by atoms with E-state index in [0.717, 1.165) is 0 Å². The van der Waals surface area contributed by atoms with Gasteiger partial charge in [-0.15, -0.1) is 0 Å². The van der Waals surface area contributed by atoms with Crippen LogP contribution in [-0.2, 0) is 50.3 Å². The molecule has 0 aliphatic rings. The maximum absolute atomic E-state index is 12.2. The summed E-state index contributed by atoms with van der Waals surface area (Å²) in [5.41, 5.74) is 0. The molecule has 0 fully saturated rings. The maximum Gasteiger partial charge on any atom is 0.347 e. The van der Waals surface area contributed by atoms with Gasteiger partial charge in [0, 0.05) is 21.7 Å². The third kappa shape index (κ3) is 7.50. The van der Waals surface area contributed by atoms with Gasteiger partial charge in [-0.3, -0.25) is 9.59 Å². The fourth-order valence-electron chi connectivity index (χ4n) is 1.48. The van der Waals surface area contributed by atoms with Crippen LogP contribution in [0.4, 0.5) is 0 Å². The van der Waals surface area contributed by atoms with Gasteiger partial charge in [-0.2, -0.15) is 0 Å². The number of hydrogen-bond donors (Lipinski definition) is 0. The molecular formula is C13H24O6Ti. The van der Waals surface area contributed by atoms with Gasteiger partial charge in [-0.1, -0.05) is 0 Å². The van der Waals surface area contributed by atoms with Crippen LogP contribution in [0.1, 0.15) is 41.0 Å². The molecule has 0 aliphatic heterocycles. The Bertz CT molecular complexity index is 276. The number of ketones is 1. The molecule has 0 aromatic rings. The predicted molar refractivity (Wildman–Crippen MR) is 68.5 cm³/mol. The van der Waals surface area contributed by atoms with Crippen LogP contribution >= 0.6 is 0 Å².